The predicted molar refractivity (Wildman–Crippen MR) is 99.9 cm³/mol. The minimum Gasteiger partial charge on any atom is -0.285 e. The summed E-state index contributed by atoms with van der Waals surface area (Å²) in [6.45, 7) is 4.17. The molecule has 122 valence electrons. The van der Waals surface area contributed by atoms with Crippen molar-refractivity contribution in [2.75, 3.05) is 0 Å². The zero-order chi connectivity index (χ0) is 15.9. The van der Waals surface area contributed by atoms with Crippen molar-refractivity contribution in [2.24, 2.45) is 0 Å². The monoisotopic (exact) mass is 407 g/mol. The van der Waals surface area contributed by atoms with Gasteiger partial charge in [-0.05, 0) is 24.3 Å². The Morgan fingerprint density at radius 3 is 2.30 bits per heavy atom. The lowest BCUT2D eigenvalue weighted by Gasteiger charge is -2.09. The molecule has 1 aromatic carbocycles. The van der Waals surface area contributed by atoms with Gasteiger partial charge in [-0.1, -0.05) is 60.4 Å². The molecule has 0 unspecified atom stereocenters. The fraction of sp³-hybridized carbons (Fsp3) is 0.200. The van der Waals surface area contributed by atoms with Gasteiger partial charge in [-0.25, -0.2) is 0 Å². The quantitative estimate of drug-likeness (QED) is 0.503. The summed E-state index contributed by atoms with van der Waals surface area (Å²) in [5, 5.41) is 9.99. The summed E-state index contributed by atoms with van der Waals surface area (Å²) < 4.78 is 1.99. The number of hydrogen-bond donors (Lipinski definition) is 0. The fourth-order valence-corrected chi connectivity index (χ4v) is 3.98. The SMILES string of the molecule is CC(C)c1nnc2ccc(Sc3c(Cl)cc(Cl)cc3Cl)cn12.Cl. The van der Waals surface area contributed by atoms with E-state index in [2.05, 4.69) is 24.0 Å². The van der Waals surface area contributed by atoms with Gasteiger partial charge in [-0.3, -0.25) is 4.40 Å². The Balaban J connectivity index is 0.00000192. The lowest BCUT2D eigenvalue weighted by Crippen LogP contribution is -1.96. The minimum absolute atomic E-state index is 0. The molecule has 0 aliphatic rings. The Morgan fingerprint density at radius 2 is 1.70 bits per heavy atom. The van der Waals surface area contributed by atoms with Crippen LogP contribution in [0.5, 0.6) is 0 Å². The Labute approximate surface area is 159 Å². The third-order valence-electron chi connectivity index (χ3n) is 3.10. The van der Waals surface area contributed by atoms with Crippen LogP contribution in [-0.4, -0.2) is 14.6 Å². The van der Waals surface area contributed by atoms with Crippen LogP contribution in [0.3, 0.4) is 0 Å². The molecule has 0 N–H and O–H groups in total. The van der Waals surface area contributed by atoms with Crippen LogP contribution in [-0.2, 0) is 0 Å². The fourth-order valence-electron chi connectivity index (χ4n) is 2.09. The van der Waals surface area contributed by atoms with Crippen molar-refractivity contribution in [3.8, 4) is 0 Å². The molecule has 3 nitrogen and oxygen atoms in total. The van der Waals surface area contributed by atoms with Gasteiger partial charge in [-0.2, -0.15) is 0 Å². The third kappa shape index (κ3) is 3.89. The maximum Gasteiger partial charge on any atom is 0.160 e. The van der Waals surface area contributed by atoms with Crippen molar-refractivity contribution in [3.63, 3.8) is 0 Å². The first kappa shape index (κ1) is 18.7. The average molecular weight is 409 g/mol. The normalized spacial score (nSPS) is 11.0. The smallest absolute Gasteiger partial charge is 0.160 e. The second-order valence-electron chi connectivity index (χ2n) is 5.11. The summed E-state index contributed by atoms with van der Waals surface area (Å²) in [4.78, 5) is 1.78. The molecule has 0 amide bonds. The van der Waals surface area contributed by atoms with Crippen molar-refractivity contribution >= 4 is 64.6 Å². The summed E-state index contributed by atoms with van der Waals surface area (Å²) in [5.41, 5.74) is 0.821. The highest BCUT2D eigenvalue weighted by molar-refractivity contribution is 7.99. The molecule has 0 radical (unpaired) electrons. The number of halogens is 4. The Hall–Kier alpha value is -0.650. The van der Waals surface area contributed by atoms with Gasteiger partial charge in [0.05, 0.1) is 10.0 Å². The summed E-state index contributed by atoms with van der Waals surface area (Å²) in [6.07, 6.45) is 2.00. The van der Waals surface area contributed by atoms with Crippen molar-refractivity contribution in [3.05, 3.63) is 51.4 Å². The summed E-state index contributed by atoms with van der Waals surface area (Å²) in [6, 6.07) is 7.28. The van der Waals surface area contributed by atoms with Gasteiger partial charge in [0.15, 0.2) is 5.65 Å². The molecule has 3 rings (SSSR count). The number of nitrogens with zero attached hydrogens (tertiary/aromatic N) is 3. The number of aromatic nitrogens is 3. The van der Waals surface area contributed by atoms with Gasteiger partial charge < -0.3 is 0 Å². The zero-order valence-corrected chi connectivity index (χ0v) is 16.2. The predicted octanol–water partition coefficient (Wildman–Crippen LogP) is 6.39. The van der Waals surface area contributed by atoms with Crippen LogP contribution in [0.15, 0.2) is 40.3 Å². The Morgan fingerprint density at radius 1 is 1.04 bits per heavy atom. The molecule has 0 aliphatic carbocycles. The molecule has 23 heavy (non-hydrogen) atoms. The molecule has 3 aromatic rings. The van der Waals surface area contributed by atoms with Gasteiger partial charge in [0.25, 0.3) is 0 Å². The maximum atomic E-state index is 6.24. The van der Waals surface area contributed by atoms with E-state index in [1.807, 2.05) is 22.7 Å². The third-order valence-corrected chi connectivity index (χ3v) is 5.26. The van der Waals surface area contributed by atoms with Crippen molar-refractivity contribution in [1.29, 1.82) is 0 Å². The van der Waals surface area contributed by atoms with Crippen LogP contribution < -0.4 is 0 Å². The zero-order valence-electron chi connectivity index (χ0n) is 12.3. The van der Waals surface area contributed by atoms with E-state index in [1.165, 1.54) is 11.8 Å². The van der Waals surface area contributed by atoms with Crippen molar-refractivity contribution < 1.29 is 0 Å². The highest BCUT2D eigenvalue weighted by atomic mass is 35.5. The van der Waals surface area contributed by atoms with Gasteiger partial charge in [0, 0.05) is 26.9 Å². The van der Waals surface area contributed by atoms with Crippen LogP contribution >= 0.6 is 59.0 Å². The molecule has 0 spiro atoms. The number of rotatable bonds is 3. The molecular formula is C15H13Cl4N3S. The van der Waals surface area contributed by atoms with Crippen molar-refractivity contribution in [2.45, 2.75) is 29.6 Å². The highest BCUT2D eigenvalue weighted by Gasteiger charge is 2.13. The van der Waals surface area contributed by atoms with Crippen molar-refractivity contribution in [1.82, 2.24) is 14.6 Å². The van der Waals surface area contributed by atoms with E-state index in [0.29, 0.717) is 15.1 Å². The van der Waals surface area contributed by atoms with E-state index in [0.717, 1.165) is 21.3 Å². The highest BCUT2D eigenvalue weighted by Crippen LogP contribution is 2.40. The number of fused-ring (bicyclic) bond motifs is 1. The largest absolute Gasteiger partial charge is 0.285 e. The van der Waals surface area contributed by atoms with Crippen LogP contribution in [0.2, 0.25) is 15.1 Å². The number of benzene rings is 1. The molecule has 0 saturated carbocycles. The summed E-state index contributed by atoms with van der Waals surface area (Å²) in [7, 11) is 0. The summed E-state index contributed by atoms with van der Waals surface area (Å²) in [5.74, 6) is 1.21. The van der Waals surface area contributed by atoms with E-state index in [9.17, 15) is 0 Å². The van der Waals surface area contributed by atoms with E-state index in [4.69, 9.17) is 34.8 Å². The molecule has 0 atom stereocenters. The standard InChI is InChI=1S/C15H12Cl3N3S.ClH/c1-8(2)15-20-19-13-4-3-10(7-21(13)15)22-14-11(17)5-9(16)6-12(14)18;/h3-8H,1-2H3;1H. The van der Waals surface area contributed by atoms with E-state index < -0.39 is 0 Å². The molecule has 0 fully saturated rings. The van der Waals surface area contributed by atoms with Crippen LogP contribution in [0.25, 0.3) is 5.65 Å². The van der Waals surface area contributed by atoms with E-state index in [-0.39, 0.29) is 18.3 Å². The number of hydrogen-bond acceptors (Lipinski definition) is 3. The minimum atomic E-state index is 0. The van der Waals surface area contributed by atoms with Gasteiger partial charge in [0.2, 0.25) is 0 Å². The first-order valence-electron chi connectivity index (χ1n) is 6.63. The van der Waals surface area contributed by atoms with Crippen LogP contribution in [0.1, 0.15) is 25.6 Å². The van der Waals surface area contributed by atoms with E-state index in [1.54, 1.807) is 12.1 Å². The van der Waals surface area contributed by atoms with E-state index >= 15 is 0 Å². The summed E-state index contributed by atoms with van der Waals surface area (Å²) >= 11 is 19.9. The Bertz CT molecular complexity index is 825. The molecule has 2 aromatic heterocycles. The lowest BCUT2D eigenvalue weighted by molar-refractivity contribution is 0.756. The molecule has 0 bridgehead atoms. The van der Waals surface area contributed by atoms with Gasteiger partial charge in [-0.15, -0.1) is 22.6 Å². The molecule has 2 heterocycles. The number of pyridine rings is 1. The van der Waals surface area contributed by atoms with Gasteiger partial charge in [0.1, 0.15) is 5.82 Å². The maximum absolute atomic E-state index is 6.24. The second-order valence-corrected chi connectivity index (χ2v) is 7.44. The topological polar surface area (TPSA) is 30.2 Å². The first-order valence-corrected chi connectivity index (χ1v) is 8.58. The molecule has 0 aliphatic heterocycles. The lowest BCUT2D eigenvalue weighted by atomic mass is 10.2. The Kier molecular flexibility index (Phi) is 6.09. The average Bonchev–Trinajstić information content (AvgIpc) is 2.86. The first-order chi connectivity index (χ1) is 10.5. The van der Waals surface area contributed by atoms with Crippen LogP contribution in [0, 0.1) is 0 Å². The van der Waals surface area contributed by atoms with Gasteiger partial charge >= 0.3 is 0 Å². The molecule has 8 heteroatoms. The molecule has 0 saturated heterocycles. The second kappa shape index (κ2) is 7.49. The molecular weight excluding hydrogens is 396 g/mol. The van der Waals surface area contributed by atoms with Crippen LogP contribution in [0.4, 0.5) is 0 Å².